The first-order valence-electron chi connectivity index (χ1n) is 6.92. The van der Waals surface area contributed by atoms with Crippen molar-refractivity contribution in [1.29, 1.82) is 0 Å². The summed E-state index contributed by atoms with van der Waals surface area (Å²) in [5.41, 5.74) is 0.625. The first-order valence-corrected chi connectivity index (χ1v) is 9.13. The van der Waals surface area contributed by atoms with Crippen molar-refractivity contribution in [2.75, 3.05) is 4.90 Å². The molecular formula is C15H12Br2ClNO2. The summed E-state index contributed by atoms with van der Waals surface area (Å²) in [4.78, 5) is 27.4. The Balaban J connectivity index is 1.73. The highest BCUT2D eigenvalue weighted by Gasteiger charge is 2.66. The zero-order chi connectivity index (χ0) is 14.9. The smallest absolute Gasteiger partial charge is 0.238 e. The molecule has 2 aliphatic carbocycles. The SMILES string of the molecule is O=C1[C@@H]2[C@@H]3C[C@H]([C@H](Br)[C@@H]3Br)[C@@H]2C(=O)N1c1ccc(Cl)cc1. The number of fused-ring (bicyclic) bond motifs is 5. The van der Waals surface area contributed by atoms with E-state index in [1.807, 2.05) is 0 Å². The number of benzene rings is 1. The molecule has 1 aromatic carbocycles. The molecule has 2 saturated carbocycles. The summed E-state index contributed by atoms with van der Waals surface area (Å²) < 4.78 is 0. The molecule has 6 heteroatoms. The van der Waals surface area contributed by atoms with Crippen LogP contribution in [-0.2, 0) is 9.59 Å². The quantitative estimate of drug-likeness (QED) is 0.501. The van der Waals surface area contributed by atoms with Gasteiger partial charge in [-0.25, -0.2) is 0 Å². The molecule has 1 aromatic rings. The van der Waals surface area contributed by atoms with Gasteiger partial charge in [0.2, 0.25) is 11.8 Å². The maximum atomic E-state index is 12.8. The molecule has 4 rings (SSSR count). The maximum Gasteiger partial charge on any atom is 0.238 e. The summed E-state index contributed by atoms with van der Waals surface area (Å²) in [7, 11) is 0. The van der Waals surface area contributed by atoms with E-state index in [1.165, 1.54) is 4.90 Å². The number of amides is 2. The highest BCUT2D eigenvalue weighted by atomic mass is 79.9. The van der Waals surface area contributed by atoms with E-state index in [2.05, 4.69) is 31.9 Å². The molecule has 6 atom stereocenters. The van der Waals surface area contributed by atoms with E-state index < -0.39 is 0 Å². The van der Waals surface area contributed by atoms with Crippen LogP contribution in [0.15, 0.2) is 24.3 Å². The van der Waals surface area contributed by atoms with Crippen LogP contribution in [0.4, 0.5) is 5.69 Å². The van der Waals surface area contributed by atoms with Crippen molar-refractivity contribution in [3.63, 3.8) is 0 Å². The number of hydrogen-bond donors (Lipinski definition) is 0. The highest BCUT2D eigenvalue weighted by molar-refractivity contribution is 9.12. The van der Waals surface area contributed by atoms with Crippen molar-refractivity contribution in [2.24, 2.45) is 23.7 Å². The normalized spacial score (nSPS) is 41.0. The molecule has 3 fully saturated rings. The van der Waals surface area contributed by atoms with Crippen molar-refractivity contribution in [1.82, 2.24) is 0 Å². The monoisotopic (exact) mass is 431 g/mol. The Bertz CT molecular complexity index is 603. The van der Waals surface area contributed by atoms with Crippen LogP contribution in [0.25, 0.3) is 0 Å². The molecule has 0 unspecified atom stereocenters. The van der Waals surface area contributed by atoms with Gasteiger partial charge < -0.3 is 0 Å². The van der Waals surface area contributed by atoms with Crippen LogP contribution in [0, 0.1) is 23.7 Å². The van der Waals surface area contributed by atoms with Gasteiger partial charge >= 0.3 is 0 Å². The van der Waals surface area contributed by atoms with Crippen molar-refractivity contribution >= 4 is 61.0 Å². The van der Waals surface area contributed by atoms with Crippen LogP contribution in [0.3, 0.4) is 0 Å². The first kappa shape index (κ1) is 14.2. The van der Waals surface area contributed by atoms with E-state index >= 15 is 0 Å². The van der Waals surface area contributed by atoms with Crippen molar-refractivity contribution < 1.29 is 9.59 Å². The van der Waals surface area contributed by atoms with Gasteiger partial charge in [-0.2, -0.15) is 0 Å². The lowest BCUT2D eigenvalue weighted by Gasteiger charge is -2.28. The Kier molecular flexibility index (Phi) is 3.25. The van der Waals surface area contributed by atoms with E-state index in [0.29, 0.717) is 10.7 Å². The number of carbonyl (C=O) groups is 2. The number of imide groups is 1. The van der Waals surface area contributed by atoms with Crippen LogP contribution in [0.2, 0.25) is 5.02 Å². The van der Waals surface area contributed by atoms with Gasteiger partial charge in [0.1, 0.15) is 0 Å². The molecule has 1 heterocycles. The molecule has 0 N–H and O–H groups in total. The molecule has 3 nitrogen and oxygen atoms in total. The Morgan fingerprint density at radius 2 is 1.43 bits per heavy atom. The first-order chi connectivity index (χ1) is 10.0. The molecule has 2 bridgehead atoms. The topological polar surface area (TPSA) is 37.4 Å². The number of carbonyl (C=O) groups excluding carboxylic acids is 2. The molecule has 110 valence electrons. The van der Waals surface area contributed by atoms with Gasteiger partial charge in [-0.05, 0) is 42.5 Å². The fourth-order valence-electron chi connectivity index (χ4n) is 4.19. The minimum absolute atomic E-state index is 0.0522. The largest absolute Gasteiger partial charge is 0.274 e. The van der Waals surface area contributed by atoms with Gasteiger partial charge in [0.05, 0.1) is 17.5 Å². The van der Waals surface area contributed by atoms with Gasteiger partial charge in [0.25, 0.3) is 0 Å². The third-order valence-corrected chi connectivity index (χ3v) is 8.53. The summed E-state index contributed by atoms with van der Waals surface area (Å²) in [6.45, 7) is 0. The molecule has 0 spiro atoms. The van der Waals surface area contributed by atoms with Crippen LogP contribution >= 0.6 is 43.5 Å². The fraction of sp³-hybridized carbons (Fsp3) is 0.467. The molecule has 1 saturated heterocycles. The van der Waals surface area contributed by atoms with Crippen molar-refractivity contribution in [3.05, 3.63) is 29.3 Å². The molecular weight excluding hydrogens is 421 g/mol. The van der Waals surface area contributed by atoms with Gasteiger partial charge in [-0.1, -0.05) is 43.5 Å². The summed E-state index contributed by atoms with van der Waals surface area (Å²) in [6, 6.07) is 6.89. The summed E-state index contributed by atoms with van der Waals surface area (Å²) in [5, 5.41) is 0.596. The van der Waals surface area contributed by atoms with Gasteiger partial charge in [-0.3, -0.25) is 14.5 Å². The van der Waals surface area contributed by atoms with E-state index in [1.54, 1.807) is 24.3 Å². The molecule has 3 aliphatic rings. The highest BCUT2D eigenvalue weighted by Crippen LogP contribution is 2.60. The Labute approximate surface area is 144 Å². The Hall–Kier alpha value is -0.390. The molecule has 0 aromatic heterocycles. The molecule has 0 radical (unpaired) electrons. The minimum Gasteiger partial charge on any atom is -0.274 e. The third kappa shape index (κ3) is 1.83. The fourth-order valence-corrected chi connectivity index (χ4v) is 6.19. The minimum atomic E-state index is -0.170. The molecule has 1 aliphatic heterocycles. The van der Waals surface area contributed by atoms with Crippen LogP contribution in [-0.4, -0.2) is 21.5 Å². The van der Waals surface area contributed by atoms with Crippen LogP contribution < -0.4 is 4.90 Å². The second kappa shape index (κ2) is 4.80. The number of alkyl halides is 2. The molecule has 21 heavy (non-hydrogen) atoms. The lowest BCUT2D eigenvalue weighted by molar-refractivity contribution is -0.123. The van der Waals surface area contributed by atoms with Crippen molar-refractivity contribution in [3.8, 4) is 0 Å². The van der Waals surface area contributed by atoms with Gasteiger partial charge in [0.15, 0.2) is 0 Å². The van der Waals surface area contributed by atoms with Gasteiger partial charge in [0, 0.05) is 14.7 Å². The summed E-state index contributed by atoms with van der Waals surface area (Å²) >= 11 is 13.2. The Morgan fingerprint density at radius 3 is 1.90 bits per heavy atom. The zero-order valence-corrected chi connectivity index (χ0v) is 14.8. The number of hydrogen-bond acceptors (Lipinski definition) is 2. The lowest BCUT2D eigenvalue weighted by Crippen LogP contribution is -2.37. The van der Waals surface area contributed by atoms with E-state index in [4.69, 9.17) is 11.6 Å². The summed E-state index contributed by atoms with van der Waals surface area (Å²) in [6.07, 6.45) is 0.951. The average Bonchev–Trinajstić information content (AvgIpc) is 3.06. The average molecular weight is 434 g/mol. The van der Waals surface area contributed by atoms with Gasteiger partial charge in [-0.15, -0.1) is 0 Å². The standard InChI is InChI=1S/C15H12Br2ClNO2/c16-12-8-5-9(13(12)17)11-10(8)14(20)19(15(11)21)7-3-1-6(18)2-4-7/h1-4,8-13H,5H2/t8-,9-,10-,11+,12-,13+/m0/s1. The van der Waals surface area contributed by atoms with Crippen LogP contribution in [0.5, 0.6) is 0 Å². The van der Waals surface area contributed by atoms with Crippen molar-refractivity contribution in [2.45, 2.75) is 16.1 Å². The Morgan fingerprint density at radius 1 is 0.952 bits per heavy atom. The predicted octanol–water partition coefficient (Wildman–Crippen LogP) is 3.62. The number of rotatable bonds is 1. The van der Waals surface area contributed by atoms with E-state index in [9.17, 15) is 9.59 Å². The second-order valence-electron chi connectivity index (χ2n) is 5.99. The number of nitrogens with zero attached hydrogens (tertiary/aromatic N) is 1. The van der Waals surface area contributed by atoms with E-state index in [-0.39, 0.29) is 45.1 Å². The third-order valence-electron chi connectivity index (χ3n) is 5.07. The van der Waals surface area contributed by atoms with Crippen LogP contribution in [0.1, 0.15) is 6.42 Å². The number of anilines is 1. The number of halogens is 3. The zero-order valence-electron chi connectivity index (χ0n) is 10.9. The maximum absolute atomic E-state index is 12.8. The van der Waals surface area contributed by atoms with E-state index in [0.717, 1.165) is 6.42 Å². The molecule has 2 amide bonds. The lowest BCUT2D eigenvalue weighted by atomic mass is 9.81. The summed E-state index contributed by atoms with van der Waals surface area (Å²) in [5.74, 6) is 0.0521. The predicted molar refractivity (Wildman–Crippen MR) is 88.0 cm³/mol. The second-order valence-corrected chi connectivity index (χ2v) is 8.54.